The van der Waals surface area contributed by atoms with Crippen molar-refractivity contribution in [2.75, 3.05) is 18.9 Å². The zero-order valence-corrected chi connectivity index (χ0v) is 11.6. The number of aryl methyl sites for hydroxylation is 2. The molecule has 2 heteroatoms. The van der Waals surface area contributed by atoms with E-state index < -0.39 is 0 Å². The van der Waals surface area contributed by atoms with Crippen LogP contribution in [-0.4, -0.2) is 19.6 Å². The summed E-state index contributed by atoms with van der Waals surface area (Å²) in [5.41, 5.74) is 7.99. The molecule has 0 radical (unpaired) electrons. The SMILES string of the molecule is CNC(C)CNc1c2c(cc3c1CCC3)CCC2. The molecule has 1 aromatic rings. The fourth-order valence-electron chi connectivity index (χ4n) is 3.39. The van der Waals surface area contributed by atoms with Gasteiger partial charge in [0.2, 0.25) is 0 Å². The summed E-state index contributed by atoms with van der Waals surface area (Å²) in [6.45, 7) is 3.26. The van der Waals surface area contributed by atoms with E-state index in [-0.39, 0.29) is 0 Å². The maximum absolute atomic E-state index is 3.73. The van der Waals surface area contributed by atoms with Crippen LogP contribution in [0.3, 0.4) is 0 Å². The molecule has 98 valence electrons. The second-order valence-corrected chi connectivity index (χ2v) is 5.80. The van der Waals surface area contributed by atoms with Gasteiger partial charge in [0.25, 0.3) is 0 Å². The largest absolute Gasteiger partial charge is 0.383 e. The minimum absolute atomic E-state index is 0.527. The second kappa shape index (κ2) is 4.93. The Hall–Kier alpha value is -1.02. The van der Waals surface area contributed by atoms with Crippen molar-refractivity contribution in [2.45, 2.75) is 51.5 Å². The van der Waals surface area contributed by atoms with Gasteiger partial charge in [-0.1, -0.05) is 6.07 Å². The average molecular weight is 244 g/mol. The molecule has 0 saturated carbocycles. The first-order valence-corrected chi connectivity index (χ1v) is 7.37. The van der Waals surface area contributed by atoms with Gasteiger partial charge in [-0.15, -0.1) is 0 Å². The van der Waals surface area contributed by atoms with E-state index in [2.05, 4.69) is 23.6 Å². The molecule has 1 atom stereocenters. The van der Waals surface area contributed by atoms with E-state index in [0.717, 1.165) is 6.54 Å². The van der Waals surface area contributed by atoms with Crippen LogP contribution in [0, 0.1) is 0 Å². The van der Waals surface area contributed by atoms with Crippen LogP contribution in [0.4, 0.5) is 5.69 Å². The van der Waals surface area contributed by atoms with Gasteiger partial charge in [-0.05, 0) is 74.8 Å². The van der Waals surface area contributed by atoms with Gasteiger partial charge in [0.05, 0.1) is 0 Å². The monoisotopic (exact) mass is 244 g/mol. The molecular formula is C16H24N2. The molecule has 3 rings (SSSR count). The maximum Gasteiger partial charge on any atom is 0.0411 e. The fraction of sp³-hybridized carbons (Fsp3) is 0.625. The number of nitrogens with one attached hydrogen (secondary N) is 2. The average Bonchev–Trinajstić information content (AvgIpc) is 3.01. The number of hydrogen-bond donors (Lipinski definition) is 2. The Morgan fingerprint density at radius 3 is 2.22 bits per heavy atom. The predicted octanol–water partition coefficient (Wildman–Crippen LogP) is 2.68. The molecule has 0 amide bonds. The molecule has 0 fully saturated rings. The van der Waals surface area contributed by atoms with Crippen molar-refractivity contribution >= 4 is 5.69 Å². The van der Waals surface area contributed by atoms with Crippen LogP contribution in [0.5, 0.6) is 0 Å². The van der Waals surface area contributed by atoms with Crippen LogP contribution in [0.25, 0.3) is 0 Å². The van der Waals surface area contributed by atoms with E-state index in [1.54, 1.807) is 22.3 Å². The summed E-state index contributed by atoms with van der Waals surface area (Å²) < 4.78 is 0. The maximum atomic E-state index is 3.73. The Morgan fingerprint density at radius 2 is 1.67 bits per heavy atom. The minimum Gasteiger partial charge on any atom is -0.383 e. The molecule has 0 heterocycles. The molecule has 0 bridgehead atoms. The van der Waals surface area contributed by atoms with Crippen molar-refractivity contribution in [1.29, 1.82) is 0 Å². The van der Waals surface area contributed by atoms with Crippen molar-refractivity contribution in [2.24, 2.45) is 0 Å². The third-order valence-electron chi connectivity index (χ3n) is 4.55. The van der Waals surface area contributed by atoms with Gasteiger partial charge in [0, 0.05) is 18.3 Å². The summed E-state index contributed by atoms with van der Waals surface area (Å²) in [7, 11) is 2.03. The van der Waals surface area contributed by atoms with Crippen LogP contribution >= 0.6 is 0 Å². The zero-order chi connectivity index (χ0) is 12.5. The fourth-order valence-corrected chi connectivity index (χ4v) is 3.39. The second-order valence-electron chi connectivity index (χ2n) is 5.80. The Labute approximate surface area is 110 Å². The van der Waals surface area contributed by atoms with E-state index >= 15 is 0 Å². The van der Waals surface area contributed by atoms with Gasteiger partial charge < -0.3 is 10.6 Å². The standard InChI is InChI=1S/C16H24N2/c1-11(17-2)10-18-16-14-7-3-5-12(14)9-13-6-4-8-15(13)16/h9,11,17-18H,3-8,10H2,1-2H3. The van der Waals surface area contributed by atoms with E-state index in [9.17, 15) is 0 Å². The first-order chi connectivity index (χ1) is 8.79. The molecule has 0 saturated heterocycles. The highest BCUT2D eigenvalue weighted by Gasteiger charge is 2.23. The first kappa shape index (κ1) is 12.0. The first-order valence-electron chi connectivity index (χ1n) is 7.37. The van der Waals surface area contributed by atoms with Crippen molar-refractivity contribution in [3.8, 4) is 0 Å². The zero-order valence-electron chi connectivity index (χ0n) is 11.6. The van der Waals surface area contributed by atoms with E-state index in [1.165, 1.54) is 44.2 Å². The summed E-state index contributed by atoms with van der Waals surface area (Å²) in [6.07, 6.45) is 7.82. The molecule has 2 aliphatic carbocycles. The van der Waals surface area contributed by atoms with Gasteiger partial charge >= 0.3 is 0 Å². The van der Waals surface area contributed by atoms with Crippen LogP contribution in [0.15, 0.2) is 6.07 Å². The van der Waals surface area contributed by atoms with Crippen LogP contribution in [-0.2, 0) is 25.7 Å². The number of rotatable bonds is 4. The highest BCUT2D eigenvalue weighted by atomic mass is 15.0. The van der Waals surface area contributed by atoms with Crippen molar-refractivity contribution < 1.29 is 0 Å². The highest BCUT2D eigenvalue weighted by Crippen LogP contribution is 2.38. The molecule has 0 aliphatic heterocycles. The Bertz CT molecular complexity index is 419. The van der Waals surface area contributed by atoms with Crippen LogP contribution in [0.2, 0.25) is 0 Å². The van der Waals surface area contributed by atoms with E-state index in [4.69, 9.17) is 0 Å². The molecule has 18 heavy (non-hydrogen) atoms. The Morgan fingerprint density at radius 1 is 1.06 bits per heavy atom. The lowest BCUT2D eigenvalue weighted by atomic mass is 9.98. The Kier molecular flexibility index (Phi) is 3.29. The van der Waals surface area contributed by atoms with Gasteiger partial charge in [-0.25, -0.2) is 0 Å². The number of likely N-dealkylation sites (N-methyl/N-ethyl adjacent to an activating group) is 1. The summed E-state index contributed by atoms with van der Waals surface area (Å²) in [5.74, 6) is 0. The highest BCUT2D eigenvalue weighted by molar-refractivity contribution is 5.66. The van der Waals surface area contributed by atoms with Gasteiger partial charge in [0.15, 0.2) is 0 Å². The molecule has 1 aromatic carbocycles. The van der Waals surface area contributed by atoms with Gasteiger partial charge in [0.1, 0.15) is 0 Å². The summed E-state index contributed by atoms with van der Waals surface area (Å²) in [5, 5.41) is 7.04. The molecular weight excluding hydrogens is 220 g/mol. The van der Waals surface area contributed by atoms with E-state index in [0.29, 0.717) is 6.04 Å². The number of hydrogen-bond acceptors (Lipinski definition) is 2. The van der Waals surface area contributed by atoms with Gasteiger partial charge in [-0.2, -0.15) is 0 Å². The number of benzene rings is 1. The van der Waals surface area contributed by atoms with Gasteiger partial charge in [-0.3, -0.25) is 0 Å². The lowest BCUT2D eigenvalue weighted by Gasteiger charge is -2.19. The topological polar surface area (TPSA) is 24.1 Å². The molecule has 2 aliphatic rings. The third kappa shape index (κ3) is 2.03. The van der Waals surface area contributed by atoms with Crippen molar-refractivity contribution in [3.05, 3.63) is 28.3 Å². The van der Waals surface area contributed by atoms with Crippen LogP contribution in [0.1, 0.15) is 42.0 Å². The summed E-state index contributed by atoms with van der Waals surface area (Å²) in [4.78, 5) is 0. The van der Waals surface area contributed by atoms with E-state index in [1.807, 2.05) is 7.05 Å². The normalized spacial score (nSPS) is 18.6. The predicted molar refractivity (Wildman–Crippen MR) is 77.5 cm³/mol. The lowest BCUT2D eigenvalue weighted by molar-refractivity contribution is 0.637. The summed E-state index contributed by atoms with van der Waals surface area (Å²) in [6, 6.07) is 3.02. The smallest absolute Gasteiger partial charge is 0.0411 e. The molecule has 0 spiro atoms. The van der Waals surface area contributed by atoms with Crippen molar-refractivity contribution in [3.63, 3.8) is 0 Å². The molecule has 2 nitrogen and oxygen atoms in total. The molecule has 1 unspecified atom stereocenters. The quantitative estimate of drug-likeness (QED) is 0.851. The summed E-state index contributed by atoms with van der Waals surface area (Å²) >= 11 is 0. The number of fused-ring (bicyclic) bond motifs is 2. The van der Waals surface area contributed by atoms with Crippen molar-refractivity contribution in [1.82, 2.24) is 5.32 Å². The molecule has 0 aromatic heterocycles. The molecule has 2 N–H and O–H groups in total. The minimum atomic E-state index is 0.527. The number of anilines is 1. The Balaban J connectivity index is 1.92. The lowest BCUT2D eigenvalue weighted by Crippen LogP contribution is -2.29. The third-order valence-corrected chi connectivity index (χ3v) is 4.55. The van der Waals surface area contributed by atoms with Crippen LogP contribution < -0.4 is 10.6 Å².